The van der Waals surface area contributed by atoms with Crippen LogP contribution in [0.25, 0.3) is 21.1 Å². The molecule has 1 N–H and O–H groups in total. The van der Waals surface area contributed by atoms with Gasteiger partial charge in [0.15, 0.2) is 17.5 Å². The van der Waals surface area contributed by atoms with E-state index < -0.39 is 28.9 Å². The number of halogens is 5. The lowest BCUT2D eigenvalue weighted by Crippen LogP contribution is -2.44. The Balaban J connectivity index is 2.04. The van der Waals surface area contributed by atoms with Gasteiger partial charge in [0.05, 0.1) is 15.8 Å². The second kappa shape index (κ2) is 5.73. The van der Waals surface area contributed by atoms with Gasteiger partial charge in [-0.15, -0.1) is 11.3 Å². The molecule has 0 aliphatic carbocycles. The lowest BCUT2D eigenvalue weighted by molar-refractivity contribution is -0.140. The SMILES string of the molecule is Fc1c(C(F)(F)F)cc2c(nc(N3CCNCC3)c3ncsc32)c1F. The molecule has 3 heterocycles. The molecule has 2 aromatic heterocycles. The summed E-state index contributed by atoms with van der Waals surface area (Å²) in [6.45, 7) is 2.57. The largest absolute Gasteiger partial charge is 0.419 e. The highest BCUT2D eigenvalue weighted by molar-refractivity contribution is 7.17. The van der Waals surface area contributed by atoms with Crippen molar-refractivity contribution in [2.75, 3.05) is 31.1 Å². The summed E-state index contributed by atoms with van der Waals surface area (Å²) in [5.41, 5.74) is -0.176. The van der Waals surface area contributed by atoms with Crippen LogP contribution in [-0.2, 0) is 6.18 Å². The number of hydrogen-bond acceptors (Lipinski definition) is 5. The van der Waals surface area contributed by atoms with Gasteiger partial charge < -0.3 is 10.2 Å². The third-order valence-corrected chi connectivity index (χ3v) is 5.00. The standard InChI is InChI=1S/C15H11F5N4S/c16-9-8(15(18,19)20)5-7-11(10(9)17)23-14(12-13(7)25-6-22-12)24-3-1-21-2-4-24/h5-6,21H,1-4H2. The minimum Gasteiger partial charge on any atom is -0.352 e. The highest BCUT2D eigenvalue weighted by Crippen LogP contribution is 2.40. The Morgan fingerprint density at radius 3 is 2.48 bits per heavy atom. The Labute approximate surface area is 142 Å². The van der Waals surface area contributed by atoms with Crippen LogP contribution in [0.1, 0.15) is 5.56 Å². The molecule has 0 spiro atoms. The van der Waals surface area contributed by atoms with Crippen molar-refractivity contribution < 1.29 is 22.0 Å². The number of thiazole rings is 1. The van der Waals surface area contributed by atoms with E-state index in [2.05, 4.69) is 15.3 Å². The van der Waals surface area contributed by atoms with Crippen molar-refractivity contribution in [3.63, 3.8) is 0 Å². The summed E-state index contributed by atoms with van der Waals surface area (Å²) in [6, 6.07) is 0.614. The summed E-state index contributed by atoms with van der Waals surface area (Å²) in [6.07, 6.45) is -4.99. The first-order chi connectivity index (χ1) is 11.9. The zero-order valence-electron chi connectivity index (χ0n) is 12.6. The number of piperazine rings is 1. The van der Waals surface area contributed by atoms with Gasteiger partial charge in [-0.25, -0.2) is 18.7 Å². The highest BCUT2D eigenvalue weighted by Gasteiger charge is 2.37. The summed E-state index contributed by atoms with van der Waals surface area (Å²) >= 11 is 1.08. The van der Waals surface area contributed by atoms with Gasteiger partial charge in [-0.3, -0.25) is 0 Å². The molecule has 0 saturated carbocycles. The number of alkyl halides is 3. The number of nitrogens with zero attached hydrogens (tertiary/aromatic N) is 3. The van der Waals surface area contributed by atoms with Crippen LogP contribution in [0.15, 0.2) is 11.6 Å². The molecule has 0 bridgehead atoms. The summed E-state index contributed by atoms with van der Waals surface area (Å²) in [4.78, 5) is 10.2. The first-order valence-corrected chi connectivity index (χ1v) is 8.33. The molecule has 0 radical (unpaired) electrons. The van der Waals surface area contributed by atoms with E-state index in [0.717, 1.165) is 11.3 Å². The summed E-state index contributed by atoms with van der Waals surface area (Å²) in [5, 5.41) is 3.08. The molecule has 132 valence electrons. The summed E-state index contributed by atoms with van der Waals surface area (Å²) in [5.74, 6) is -3.15. The van der Waals surface area contributed by atoms with Gasteiger partial charge >= 0.3 is 6.18 Å². The van der Waals surface area contributed by atoms with E-state index in [9.17, 15) is 22.0 Å². The van der Waals surface area contributed by atoms with Crippen molar-refractivity contribution in [3.8, 4) is 0 Å². The van der Waals surface area contributed by atoms with Crippen LogP contribution in [0.2, 0.25) is 0 Å². The lowest BCUT2D eigenvalue weighted by atomic mass is 10.1. The average Bonchev–Trinajstić information content (AvgIpc) is 3.07. The minimum atomic E-state index is -4.99. The second-order valence-electron chi connectivity index (χ2n) is 5.65. The average molecular weight is 374 g/mol. The number of fused-ring (bicyclic) bond motifs is 3. The van der Waals surface area contributed by atoms with E-state index in [1.165, 1.54) is 5.51 Å². The fourth-order valence-electron chi connectivity index (χ4n) is 2.96. The van der Waals surface area contributed by atoms with E-state index in [-0.39, 0.29) is 5.39 Å². The molecule has 1 aliphatic heterocycles. The highest BCUT2D eigenvalue weighted by atomic mass is 32.1. The Kier molecular flexibility index (Phi) is 3.76. The van der Waals surface area contributed by atoms with Gasteiger partial charge in [0.2, 0.25) is 0 Å². The fraction of sp³-hybridized carbons (Fsp3) is 0.333. The number of pyridine rings is 1. The molecule has 1 saturated heterocycles. The first-order valence-electron chi connectivity index (χ1n) is 7.45. The first kappa shape index (κ1) is 16.4. The van der Waals surface area contributed by atoms with Crippen LogP contribution >= 0.6 is 11.3 Å². The number of aromatic nitrogens is 2. The molecular formula is C15H11F5N4S. The third-order valence-electron chi connectivity index (χ3n) is 4.14. The Bertz CT molecular complexity index is 962. The maximum atomic E-state index is 14.4. The van der Waals surface area contributed by atoms with Crippen LogP contribution in [0.4, 0.5) is 27.8 Å². The van der Waals surface area contributed by atoms with Crippen molar-refractivity contribution in [2.24, 2.45) is 0 Å². The van der Waals surface area contributed by atoms with Gasteiger partial charge in [-0.1, -0.05) is 0 Å². The smallest absolute Gasteiger partial charge is 0.352 e. The van der Waals surface area contributed by atoms with E-state index in [0.29, 0.717) is 48.3 Å². The van der Waals surface area contributed by atoms with Crippen LogP contribution in [0.5, 0.6) is 0 Å². The summed E-state index contributed by atoms with van der Waals surface area (Å²) in [7, 11) is 0. The quantitative estimate of drug-likeness (QED) is 0.662. The molecule has 1 aliphatic rings. The maximum absolute atomic E-state index is 14.4. The molecule has 0 atom stereocenters. The molecule has 1 fully saturated rings. The molecule has 25 heavy (non-hydrogen) atoms. The molecule has 4 rings (SSSR count). The van der Waals surface area contributed by atoms with E-state index in [1.54, 1.807) is 0 Å². The Morgan fingerprint density at radius 1 is 1.08 bits per heavy atom. The van der Waals surface area contributed by atoms with Crippen LogP contribution in [0.3, 0.4) is 0 Å². The Hall–Kier alpha value is -2.07. The van der Waals surface area contributed by atoms with Crippen molar-refractivity contribution in [2.45, 2.75) is 6.18 Å². The van der Waals surface area contributed by atoms with Crippen molar-refractivity contribution in [3.05, 3.63) is 28.8 Å². The zero-order chi connectivity index (χ0) is 17.8. The third kappa shape index (κ3) is 2.60. The number of rotatable bonds is 1. The molecule has 10 heteroatoms. The summed E-state index contributed by atoms with van der Waals surface area (Å²) < 4.78 is 67.7. The molecule has 0 amide bonds. The lowest BCUT2D eigenvalue weighted by Gasteiger charge is -2.28. The van der Waals surface area contributed by atoms with Gasteiger partial charge in [0.1, 0.15) is 11.0 Å². The number of nitrogens with one attached hydrogen (secondary N) is 1. The normalized spacial score (nSPS) is 16.1. The van der Waals surface area contributed by atoms with Crippen LogP contribution in [0, 0.1) is 11.6 Å². The predicted octanol–water partition coefficient (Wildman–Crippen LogP) is 3.55. The van der Waals surface area contributed by atoms with Crippen LogP contribution < -0.4 is 10.2 Å². The molecule has 1 aromatic carbocycles. The molecular weight excluding hydrogens is 363 g/mol. The van der Waals surface area contributed by atoms with Gasteiger partial charge in [-0.2, -0.15) is 13.2 Å². The topological polar surface area (TPSA) is 41.1 Å². The van der Waals surface area contributed by atoms with Crippen molar-refractivity contribution in [1.82, 2.24) is 15.3 Å². The van der Waals surface area contributed by atoms with E-state index >= 15 is 0 Å². The predicted molar refractivity (Wildman–Crippen MR) is 84.9 cm³/mol. The number of benzene rings is 1. The number of hydrogen-bond donors (Lipinski definition) is 1. The zero-order valence-corrected chi connectivity index (χ0v) is 13.4. The minimum absolute atomic E-state index is 0.0809. The van der Waals surface area contributed by atoms with E-state index in [4.69, 9.17) is 0 Å². The molecule has 4 nitrogen and oxygen atoms in total. The second-order valence-corrected chi connectivity index (χ2v) is 6.50. The molecule has 3 aromatic rings. The monoisotopic (exact) mass is 374 g/mol. The van der Waals surface area contributed by atoms with Crippen molar-refractivity contribution in [1.29, 1.82) is 0 Å². The maximum Gasteiger partial charge on any atom is 0.419 e. The Morgan fingerprint density at radius 2 is 1.80 bits per heavy atom. The fourth-order valence-corrected chi connectivity index (χ4v) is 3.76. The van der Waals surface area contributed by atoms with Gasteiger partial charge in [0.25, 0.3) is 0 Å². The van der Waals surface area contributed by atoms with E-state index in [1.807, 2.05) is 4.90 Å². The molecule has 0 unspecified atom stereocenters. The van der Waals surface area contributed by atoms with Gasteiger partial charge in [0, 0.05) is 31.6 Å². The van der Waals surface area contributed by atoms with Crippen LogP contribution in [-0.4, -0.2) is 36.1 Å². The number of anilines is 1. The van der Waals surface area contributed by atoms with Gasteiger partial charge in [-0.05, 0) is 6.07 Å². The van der Waals surface area contributed by atoms with Crippen molar-refractivity contribution >= 4 is 38.3 Å².